The molecule has 132 valence electrons. The van der Waals surface area contributed by atoms with E-state index in [0.717, 1.165) is 4.90 Å². The standard InChI is InChI=1S/C22H27NOS/c1-14-12-17-18(22(4,5)11-10-21(17,2)3)13-19(14)25-16-8-6-15(7-9-16)20(23)24/h6-9,12-13H,10-11H2,1-5H3,(H2,23,24). The van der Waals surface area contributed by atoms with Crippen molar-refractivity contribution >= 4 is 17.7 Å². The molecule has 0 atom stereocenters. The number of benzene rings is 2. The number of aryl methyl sites for hydroxylation is 1. The first kappa shape index (κ1) is 18.1. The molecule has 2 aromatic rings. The number of nitrogens with two attached hydrogens (primary N) is 1. The van der Waals surface area contributed by atoms with Crippen molar-refractivity contribution in [3.8, 4) is 0 Å². The minimum absolute atomic E-state index is 0.212. The number of carbonyl (C=O) groups is 1. The van der Waals surface area contributed by atoms with Gasteiger partial charge < -0.3 is 5.73 Å². The van der Waals surface area contributed by atoms with Crippen LogP contribution in [0.2, 0.25) is 0 Å². The molecular formula is C22H27NOS. The average molecular weight is 354 g/mol. The summed E-state index contributed by atoms with van der Waals surface area (Å²) < 4.78 is 0. The summed E-state index contributed by atoms with van der Waals surface area (Å²) in [6.45, 7) is 11.6. The Morgan fingerprint density at radius 2 is 1.48 bits per heavy atom. The van der Waals surface area contributed by atoms with Crippen LogP contribution in [0.1, 0.15) is 67.6 Å². The average Bonchev–Trinajstić information content (AvgIpc) is 2.54. The summed E-state index contributed by atoms with van der Waals surface area (Å²) in [7, 11) is 0. The van der Waals surface area contributed by atoms with Gasteiger partial charge in [0.2, 0.25) is 5.91 Å². The van der Waals surface area contributed by atoms with Gasteiger partial charge in [0.05, 0.1) is 0 Å². The van der Waals surface area contributed by atoms with E-state index in [4.69, 9.17) is 5.73 Å². The van der Waals surface area contributed by atoms with Crippen LogP contribution >= 0.6 is 11.8 Å². The molecule has 3 heteroatoms. The van der Waals surface area contributed by atoms with Crippen LogP contribution in [0.5, 0.6) is 0 Å². The number of fused-ring (bicyclic) bond motifs is 1. The first-order valence-electron chi connectivity index (χ1n) is 8.83. The number of amides is 1. The number of rotatable bonds is 3. The zero-order valence-electron chi connectivity index (χ0n) is 15.8. The van der Waals surface area contributed by atoms with Gasteiger partial charge in [-0.2, -0.15) is 0 Å². The molecule has 2 nitrogen and oxygen atoms in total. The molecular weight excluding hydrogens is 326 g/mol. The lowest BCUT2D eigenvalue weighted by Crippen LogP contribution is -2.34. The Kier molecular flexibility index (Phi) is 4.48. The second-order valence-corrected chi connectivity index (χ2v) is 9.54. The smallest absolute Gasteiger partial charge is 0.248 e. The SMILES string of the molecule is Cc1cc2c(cc1Sc1ccc(C(N)=O)cc1)C(C)(C)CCC2(C)C. The second-order valence-electron chi connectivity index (χ2n) is 8.42. The summed E-state index contributed by atoms with van der Waals surface area (Å²) in [6, 6.07) is 12.3. The summed E-state index contributed by atoms with van der Waals surface area (Å²) in [5.41, 5.74) is 10.6. The van der Waals surface area contributed by atoms with Crippen molar-refractivity contribution in [2.24, 2.45) is 5.73 Å². The fourth-order valence-electron chi connectivity index (χ4n) is 3.63. The van der Waals surface area contributed by atoms with Gasteiger partial charge in [0.1, 0.15) is 0 Å². The molecule has 0 aliphatic heterocycles. The van der Waals surface area contributed by atoms with Crippen molar-refractivity contribution in [1.29, 1.82) is 0 Å². The van der Waals surface area contributed by atoms with E-state index in [1.54, 1.807) is 23.9 Å². The Bertz CT molecular complexity index is 819. The number of carbonyl (C=O) groups excluding carboxylic acids is 1. The Morgan fingerprint density at radius 3 is 2.00 bits per heavy atom. The molecule has 0 saturated heterocycles. The topological polar surface area (TPSA) is 43.1 Å². The maximum Gasteiger partial charge on any atom is 0.248 e. The molecule has 0 radical (unpaired) electrons. The quantitative estimate of drug-likeness (QED) is 0.781. The number of hydrogen-bond donors (Lipinski definition) is 1. The maximum absolute atomic E-state index is 11.2. The lowest BCUT2D eigenvalue weighted by molar-refractivity contribution is 0.1000. The van der Waals surface area contributed by atoms with E-state index in [2.05, 4.69) is 46.8 Å². The molecule has 0 heterocycles. The zero-order chi connectivity index (χ0) is 18.4. The second kappa shape index (κ2) is 6.21. The van der Waals surface area contributed by atoms with E-state index in [1.807, 2.05) is 12.1 Å². The van der Waals surface area contributed by atoms with Gasteiger partial charge in [-0.1, -0.05) is 45.5 Å². The Balaban J connectivity index is 1.99. The van der Waals surface area contributed by atoms with Crippen molar-refractivity contribution in [2.75, 3.05) is 0 Å². The zero-order valence-corrected chi connectivity index (χ0v) is 16.6. The van der Waals surface area contributed by atoms with Crippen molar-refractivity contribution in [3.63, 3.8) is 0 Å². The maximum atomic E-state index is 11.2. The monoisotopic (exact) mass is 353 g/mol. The van der Waals surface area contributed by atoms with Crippen LogP contribution in [0.15, 0.2) is 46.2 Å². The summed E-state index contributed by atoms with van der Waals surface area (Å²) in [4.78, 5) is 13.6. The van der Waals surface area contributed by atoms with Gasteiger partial charge in [0.15, 0.2) is 0 Å². The molecule has 0 fully saturated rings. The van der Waals surface area contributed by atoms with Crippen LogP contribution in [-0.4, -0.2) is 5.91 Å². The van der Waals surface area contributed by atoms with E-state index >= 15 is 0 Å². The summed E-state index contributed by atoms with van der Waals surface area (Å²) in [5.74, 6) is -0.384. The summed E-state index contributed by atoms with van der Waals surface area (Å²) in [6.07, 6.45) is 2.45. The van der Waals surface area contributed by atoms with E-state index in [0.29, 0.717) is 5.56 Å². The minimum Gasteiger partial charge on any atom is -0.366 e. The molecule has 0 unspecified atom stereocenters. The molecule has 1 aliphatic carbocycles. The minimum atomic E-state index is -0.384. The summed E-state index contributed by atoms with van der Waals surface area (Å²) >= 11 is 1.76. The third-order valence-corrected chi connectivity index (χ3v) is 6.68. The lowest BCUT2D eigenvalue weighted by Gasteiger charge is -2.42. The molecule has 2 N–H and O–H groups in total. The van der Waals surface area contributed by atoms with Gasteiger partial charge in [-0.15, -0.1) is 0 Å². The predicted molar refractivity (Wildman–Crippen MR) is 106 cm³/mol. The van der Waals surface area contributed by atoms with E-state index < -0.39 is 0 Å². The van der Waals surface area contributed by atoms with Crippen molar-refractivity contribution in [3.05, 3.63) is 58.7 Å². The van der Waals surface area contributed by atoms with Gasteiger partial charge >= 0.3 is 0 Å². The van der Waals surface area contributed by atoms with E-state index in [1.165, 1.54) is 34.4 Å². The van der Waals surface area contributed by atoms with Crippen LogP contribution in [0, 0.1) is 6.92 Å². The lowest BCUT2D eigenvalue weighted by atomic mass is 9.63. The highest BCUT2D eigenvalue weighted by atomic mass is 32.2. The largest absolute Gasteiger partial charge is 0.366 e. The van der Waals surface area contributed by atoms with Crippen molar-refractivity contribution < 1.29 is 4.79 Å². The molecule has 1 amide bonds. The van der Waals surface area contributed by atoms with Crippen molar-refractivity contribution in [2.45, 2.75) is 68.1 Å². The van der Waals surface area contributed by atoms with Crippen LogP contribution in [0.3, 0.4) is 0 Å². The van der Waals surface area contributed by atoms with Gasteiger partial charge in [-0.3, -0.25) is 4.79 Å². The number of hydrogen-bond acceptors (Lipinski definition) is 2. The molecule has 0 saturated carbocycles. The third-order valence-electron chi connectivity index (χ3n) is 5.51. The Hall–Kier alpha value is -1.74. The van der Waals surface area contributed by atoms with Gasteiger partial charge in [0.25, 0.3) is 0 Å². The first-order valence-corrected chi connectivity index (χ1v) is 9.65. The highest BCUT2D eigenvalue weighted by Gasteiger charge is 2.37. The van der Waals surface area contributed by atoms with E-state index in [-0.39, 0.29) is 16.7 Å². The van der Waals surface area contributed by atoms with E-state index in [9.17, 15) is 4.79 Å². The van der Waals surface area contributed by atoms with Crippen LogP contribution in [0.25, 0.3) is 0 Å². The van der Waals surface area contributed by atoms with Gasteiger partial charge in [-0.25, -0.2) is 0 Å². The Morgan fingerprint density at radius 1 is 0.960 bits per heavy atom. The third kappa shape index (κ3) is 3.48. The van der Waals surface area contributed by atoms with Crippen LogP contribution < -0.4 is 5.73 Å². The molecule has 0 spiro atoms. The molecule has 3 rings (SSSR count). The number of primary amides is 1. The molecule has 1 aliphatic rings. The highest BCUT2D eigenvalue weighted by molar-refractivity contribution is 7.99. The molecule has 0 bridgehead atoms. The fraction of sp³-hybridized carbons (Fsp3) is 0.409. The summed E-state index contributed by atoms with van der Waals surface area (Å²) in [5, 5.41) is 0. The molecule has 25 heavy (non-hydrogen) atoms. The van der Waals surface area contributed by atoms with Crippen LogP contribution in [0.4, 0.5) is 0 Å². The molecule has 2 aromatic carbocycles. The van der Waals surface area contributed by atoms with Crippen LogP contribution in [-0.2, 0) is 10.8 Å². The Labute approximate surface area is 155 Å². The molecule has 0 aromatic heterocycles. The van der Waals surface area contributed by atoms with Gasteiger partial charge in [-0.05, 0) is 77.6 Å². The predicted octanol–water partition coefficient (Wildman–Crippen LogP) is 5.59. The normalized spacial score (nSPS) is 17.8. The highest BCUT2D eigenvalue weighted by Crippen LogP contribution is 2.48. The van der Waals surface area contributed by atoms with Crippen molar-refractivity contribution in [1.82, 2.24) is 0 Å². The fourth-order valence-corrected chi connectivity index (χ4v) is 4.55. The van der Waals surface area contributed by atoms with Gasteiger partial charge in [0, 0.05) is 15.4 Å². The first-order chi connectivity index (χ1) is 11.6.